The molecule has 26 heavy (non-hydrogen) atoms. The zero-order valence-electron chi connectivity index (χ0n) is 16.0. The molecule has 0 saturated carbocycles. The van der Waals surface area contributed by atoms with Crippen molar-refractivity contribution in [3.05, 3.63) is 70.8 Å². The van der Waals surface area contributed by atoms with Gasteiger partial charge in [-0.05, 0) is 52.3 Å². The molecular formula is C21H26N2O3. The summed E-state index contributed by atoms with van der Waals surface area (Å²) in [4.78, 5) is 25.2. The van der Waals surface area contributed by atoms with Gasteiger partial charge >= 0.3 is 6.09 Å². The van der Waals surface area contributed by atoms with Crippen LogP contribution in [0.15, 0.2) is 48.5 Å². The normalized spacial score (nSPS) is 11.0. The van der Waals surface area contributed by atoms with E-state index in [1.807, 2.05) is 83.1 Å². The summed E-state index contributed by atoms with van der Waals surface area (Å²) >= 11 is 0. The van der Waals surface area contributed by atoms with E-state index in [-0.39, 0.29) is 12.5 Å². The van der Waals surface area contributed by atoms with Gasteiger partial charge in [-0.15, -0.1) is 0 Å². The van der Waals surface area contributed by atoms with Crippen LogP contribution in [-0.4, -0.2) is 22.5 Å². The summed E-state index contributed by atoms with van der Waals surface area (Å²) < 4.78 is 5.24. The lowest BCUT2D eigenvalue weighted by Crippen LogP contribution is -2.56. The molecule has 2 rings (SSSR count). The lowest BCUT2D eigenvalue weighted by molar-refractivity contribution is 0.0342. The molecule has 5 heteroatoms. The number of ether oxygens (including phenoxy) is 1. The SMILES string of the molecule is Cc1cc(C)cc(C(=O)N(NC(=O)OCc2ccccc2)C(C)(C)C)c1. The smallest absolute Gasteiger partial charge is 0.426 e. The summed E-state index contributed by atoms with van der Waals surface area (Å²) in [5.74, 6) is -0.277. The first-order chi connectivity index (χ1) is 12.2. The third kappa shape index (κ3) is 5.34. The summed E-state index contributed by atoms with van der Waals surface area (Å²) in [6, 6.07) is 15.0. The second-order valence-electron chi connectivity index (χ2n) is 7.36. The highest BCUT2D eigenvalue weighted by Gasteiger charge is 2.30. The van der Waals surface area contributed by atoms with Crippen molar-refractivity contribution in [1.82, 2.24) is 10.4 Å². The van der Waals surface area contributed by atoms with Crippen LogP contribution in [0.4, 0.5) is 4.79 Å². The van der Waals surface area contributed by atoms with Crippen molar-refractivity contribution < 1.29 is 14.3 Å². The summed E-state index contributed by atoms with van der Waals surface area (Å²) in [5.41, 5.74) is 5.37. The molecule has 0 aliphatic carbocycles. The second-order valence-corrected chi connectivity index (χ2v) is 7.36. The van der Waals surface area contributed by atoms with E-state index in [9.17, 15) is 9.59 Å². The number of nitrogens with zero attached hydrogens (tertiary/aromatic N) is 1. The minimum absolute atomic E-state index is 0.141. The molecule has 2 aromatic rings. The minimum Gasteiger partial charge on any atom is -0.443 e. The van der Waals surface area contributed by atoms with Crippen LogP contribution in [0.2, 0.25) is 0 Å². The molecule has 5 nitrogen and oxygen atoms in total. The molecule has 0 saturated heterocycles. The predicted molar refractivity (Wildman–Crippen MR) is 102 cm³/mol. The zero-order valence-corrected chi connectivity index (χ0v) is 16.0. The molecule has 2 amide bonds. The molecule has 138 valence electrons. The Bertz CT molecular complexity index is 759. The van der Waals surface area contributed by atoms with Crippen molar-refractivity contribution in [2.75, 3.05) is 0 Å². The van der Waals surface area contributed by atoms with Gasteiger partial charge in [0.25, 0.3) is 5.91 Å². The Kier molecular flexibility index (Phi) is 6.03. The molecule has 0 aromatic heterocycles. The van der Waals surface area contributed by atoms with Gasteiger partial charge in [0.1, 0.15) is 6.61 Å². The van der Waals surface area contributed by atoms with E-state index in [0.29, 0.717) is 5.56 Å². The van der Waals surface area contributed by atoms with Gasteiger partial charge in [0.05, 0.1) is 5.54 Å². The van der Waals surface area contributed by atoms with Crippen molar-refractivity contribution in [2.24, 2.45) is 0 Å². The number of rotatable bonds is 3. The molecule has 2 aromatic carbocycles. The fourth-order valence-electron chi connectivity index (χ4n) is 2.60. The Morgan fingerprint density at radius 1 is 1.00 bits per heavy atom. The zero-order chi connectivity index (χ0) is 19.3. The Balaban J connectivity index is 2.12. The van der Waals surface area contributed by atoms with Crippen LogP contribution in [-0.2, 0) is 11.3 Å². The summed E-state index contributed by atoms with van der Waals surface area (Å²) in [5, 5.41) is 1.31. The molecule has 0 bridgehead atoms. The summed E-state index contributed by atoms with van der Waals surface area (Å²) in [7, 11) is 0. The highest BCUT2D eigenvalue weighted by molar-refractivity contribution is 5.95. The number of amides is 2. The minimum atomic E-state index is -0.665. The Labute approximate surface area is 154 Å². The van der Waals surface area contributed by atoms with E-state index in [1.165, 1.54) is 5.01 Å². The molecule has 0 unspecified atom stereocenters. The van der Waals surface area contributed by atoms with Crippen LogP contribution in [0.25, 0.3) is 0 Å². The van der Waals surface area contributed by atoms with Gasteiger partial charge in [-0.2, -0.15) is 0 Å². The van der Waals surface area contributed by atoms with Crippen molar-refractivity contribution in [1.29, 1.82) is 0 Å². The van der Waals surface area contributed by atoms with Gasteiger partial charge in [0.2, 0.25) is 0 Å². The van der Waals surface area contributed by atoms with Crippen LogP contribution >= 0.6 is 0 Å². The first kappa shape index (κ1) is 19.5. The second kappa shape index (κ2) is 8.04. The first-order valence-corrected chi connectivity index (χ1v) is 8.57. The van der Waals surface area contributed by atoms with Gasteiger partial charge in [0, 0.05) is 5.56 Å². The monoisotopic (exact) mass is 354 g/mol. The average molecular weight is 354 g/mol. The standard InChI is InChI=1S/C21H26N2O3/c1-15-11-16(2)13-18(12-15)19(24)23(21(3,4)5)22-20(25)26-14-17-9-7-6-8-10-17/h6-13H,14H2,1-5H3,(H,22,25). The van der Waals surface area contributed by atoms with Crippen molar-refractivity contribution in [3.63, 3.8) is 0 Å². The number of hydrazine groups is 1. The lowest BCUT2D eigenvalue weighted by Gasteiger charge is -2.35. The van der Waals surface area contributed by atoms with E-state index in [2.05, 4.69) is 5.43 Å². The van der Waals surface area contributed by atoms with E-state index in [1.54, 1.807) is 0 Å². The topological polar surface area (TPSA) is 58.6 Å². The van der Waals surface area contributed by atoms with Crippen LogP contribution in [0.3, 0.4) is 0 Å². The molecule has 0 aliphatic rings. The van der Waals surface area contributed by atoms with Crippen molar-refractivity contribution >= 4 is 12.0 Å². The predicted octanol–water partition coefficient (Wildman–Crippen LogP) is 4.39. The van der Waals surface area contributed by atoms with Crippen LogP contribution in [0.1, 0.15) is 47.8 Å². The number of nitrogens with one attached hydrogen (secondary N) is 1. The number of hydrogen-bond acceptors (Lipinski definition) is 3. The third-order valence-electron chi connectivity index (χ3n) is 3.76. The van der Waals surface area contributed by atoms with Crippen LogP contribution in [0.5, 0.6) is 0 Å². The number of carbonyl (C=O) groups is 2. The van der Waals surface area contributed by atoms with Gasteiger partial charge in [-0.3, -0.25) is 4.79 Å². The average Bonchev–Trinajstić information content (AvgIpc) is 2.56. The Morgan fingerprint density at radius 3 is 2.12 bits per heavy atom. The fraction of sp³-hybridized carbons (Fsp3) is 0.333. The molecule has 0 fully saturated rings. The van der Waals surface area contributed by atoms with Crippen LogP contribution < -0.4 is 5.43 Å². The van der Waals surface area contributed by atoms with Gasteiger partial charge in [-0.1, -0.05) is 47.5 Å². The van der Waals surface area contributed by atoms with Crippen molar-refractivity contribution in [3.8, 4) is 0 Å². The van der Waals surface area contributed by atoms with E-state index in [4.69, 9.17) is 4.74 Å². The number of aryl methyl sites for hydroxylation is 2. The highest BCUT2D eigenvalue weighted by atomic mass is 16.6. The Morgan fingerprint density at radius 2 is 1.58 bits per heavy atom. The molecule has 0 spiro atoms. The molecule has 1 N–H and O–H groups in total. The van der Waals surface area contributed by atoms with E-state index >= 15 is 0 Å². The van der Waals surface area contributed by atoms with Crippen LogP contribution in [0, 0.1) is 13.8 Å². The third-order valence-corrected chi connectivity index (χ3v) is 3.76. The maximum atomic E-state index is 13.0. The fourth-order valence-corrected chi connectivity index (χ4v) is 2.60. The number of hydrogen-bond donors (Lipinski definition) is 1. The van der Waals surface area contributed by atoms with Crippen molar-refractivity contribution in [2.45, 2.75) is 46.8 Å². The Hall–Kier alpha value is -2.82. The molecular weight excluding hydrogens is 328 g/mol. The van der Waals surface area contributed by atoms with Gasteiger partial charge < -0.3 is 4.74 Å². The van der Waals surface area contributed by atoms with Gasteiger partial charge in [0.15, 0.2) is 0 Å². The lowest BCUT2D eigenvalue weighted by atomic mass is 10.0. The summed E-state index contributed by atoms with van der Waals surface area (Å²) in [6.45, 7) is 9.57. The van der Waals surface area contributed by atoms with Gasteiger partial charge in [-0.25, -0.2) is 15.2 Å². The first-order valence-electron chi connectivity index (χ1n) is 8.57. The molecule has 0 aliphatic heterocycles. The van der Waals surface area contributed by atoms with E-state index in [0.717, 1.165) is 16.7 Å². The largest absolute Gasteiger partial charge is 0.443 e. The van der Waals surface area contributed by atoms with E-state index < -0.39 is 11.6 Å². The summed E-state index contributed by atoms with van der Waals surface area (Å²) in [6.07, 6.45) is -0.665. The number of benzene rings is 2. The maximum absolute atomic E-state index is 13.0. The maximum Gasteiger partial charge on any atom is 0.426 e. The number of carbonyl (C=O) groups excluding carboxylic acids is 2. The molecule has 0 radical (unpaired) electrons. The molecule has 0 atom stereocenters. The highest BCUT2D eigenvalue weighted by Crippen LogP contribution is 2.17. The molecule has 0 heterocycles. The quantitative estimate of drug-likeness (QED) is 0.832.